The Morgan fingerprint density at radius 1 is 1.29 bits per heavy atom. The lowest BCUT2D eigenvalue weighted by molar-refractivity contribution is -0.135. The molecule has 0 saturated heterocycles. The second-order valence-corrected chi connectivity index (χ2v) is 6.19. The van der Waals surface area contributed by atoms with E-state index in [4.69, 9.17) is 0 Å². The molecule has 21 heavy (non-hydrogen) atoms. The number of sulfonamides is 1. The highest BCUT2D eigenvalue weighted by atomic mass is 32.2. The molecule has 0 bridgehead atoms. The van der Waals surface area contributed by atoms with Gasteiger partial charge >= 0.3 is 6.18 Å². The van der Waals surface area contributed by atoms with Crippen molar-refractivity contribution in [3.8, 4) is 0 Å². The van der Waals surface area contributed by atoms with Crippen molar-refractivity contribution < 1.29 is 26.4 Å². The highest BCUT2D eigenvalue weighted by Crippen LogP contribution is 2.21. The molecule has 0 aliphatic carbocycles. The van der Waals surface area contributed by atoms with Crippen LogP contribution >= 0.6 is 0 Å². The number of carbonyl (C=O) groups is 1. The number of rotatable bonds is 7. The quantitative estimate of drug-likeness (QED) is 0.620. The standard InChI is InChI=1S/C13H16F3NO3S/c1-2-12(18)10-5-3-6-11(9-10)21(19,20)17-8-4-7-13(14,15)16/h3,5-6,9,17H,2,4,7-8H2,1H3. The topological polar surface area (TPSA) is 63.2 Å². The van der Waals surface area contributed by atoms with E-state index in [1.54, 1.807) is 6.92 Å². The van der Waals surface area contributed by atoms with Crippen molar-refractivity contribution >= 4 is 15.8 Å². The van der Waals surface area contributed by atoms with Crippen LogP contribution in [-0.4, -0.2) is 26.9 Å². The van der Waals surface area contributed by atoms with Gasteiger partial charge in [-0.1, -0.05) is 19.1 Å². The minimum Gasteiger partial charge on any atom is -0.294 e. The van der Waals surface area contributed by atoms with E-state index in [0.717, 1.165) is 0 Å². The molecule has 0 aromatic heterocycles. The smallest absolute Gasteiger partial charge is 0.294 e. The van der Waals surface area contributed by atoms with Crippen LogP contribution in [-0.2, 0) is 10.0 Å². The lowest BCUT2D eigenvalue weighted by Crippen LogP contribution is -2.26. The van der Waals surface area contributed by atoms with E-state index in [-0.39, 0.29) is 35.6 Å². The molecular formula is C13H16F3NO3S. The SMILES string of the molecule is CCC(=O)c1cccc(S(=O)(=O)NCCCC(F)(F)F)c1. The average molecular weight is 323 g/mol. The molecule has 0 aliphatic rings. The number of halogens is 3. The molecule has 1 aromatic carbocycles. The van der Waals surface area contributed by atoms with Gasteiger partial charge in [0.25, 0.3) is 0 Å². The van der Waals surface area contributed by atoms with E-state index in [1.807, 2.05) is 0 Å². The normalized spacial score (nSPS) is 12.4. The monoisotopic (exact) mass is 323 g/mol. The fraction of sp³-hybridized carbons (Fsp3) is 0.462. The number of Topliss-reactive ketones (excluding diaryl/α,β-unsaturated/α-hetero) is 1. The highest BCUT2D eigenvalue weighted by Gasteiger charge is 2.26. The minimum absolute atomic E-state index is 0.131. The maximum Gasteiger partial charge on any atom is 0.389 e. The molecule has 0 unspecified atom stereocenters. The third-order valence-corrected chi connectivity index (χ3v) is 4.18. The van der Waals surface area contributed by atoms with Crippen molar-refractivity contribution in [1.82, 2.24) is 4.72 Å². The predicted octanol–water partition coefficient (Wildman–Crippen LogP) is 2.90. The summed E-state index contributed by atoms with van der Waals surface area (Å²) in [6.45, 7) is 1.34. The molecule has 4 nitrogen and oxygen atoms in total. The first-order valence-electron chi connectivity index (χ1n) is 6.35. The van der Waals surface area contributed by atoms with Crippen LogP contribution in [0, 0.1) is 0 Å². The van der Waals surface area contributed by atoms with Crippen LogP contribution in [0.15, 0.2) is 29.2 Å². The minimum atomic E-state index is -4.31. The Hall–Kier alpha value is -1.41. The second kappa shape index (κ2) is 7.04. The van der Waals surface area contributed by atoms with Gasteiger partial charge in [-0.2, -0.15) is 13.2 Å². The molecule has 0 amide bonds. The zero-order valence-electron chi connectivity index (χ0n) is 11.4. The van der Waals surface area contributed by atoms with E-state index < -0.39 is 22.6 Å². The van der Waals surface area contributed by atoms with E-state index in [2.05, 4.69) is 4.72 Å². The van der Waals surface area contributed by atoms with Crippen molar-refractivity contribution in [2.75, 3.05) is 6.54 Å². The van der Waals surface area contributed by atoms with Gasteiger partial charge in [0.2, 0.25) is 10.0 Å². The zero-order chi connectivity index (χ0) is 16.1. The van der Waals surface area contributed by atoms with Gasteiger partial charge in [-0.05, 0) is 18.6 Å². The van der Waals surface area contributed by atoms with Crippen molar-refractivity contribution in [2.24, 2.45) is 0 Å². The molecule has 0 radical (unpaired) electrons. The number of nitrogens with one attached hydrogen (secondary N) is 1. The fourth-order valence-corrected chi connectivity index (χ4v) is 2.74. The van der Waals surface area contributed by atoms with Gasteiger partial charge in [0.1, 0.15) is 0 Å². The molecule has 1 N–H and O–H groups in total. The van der Waals surface area contributed by atoms with E-state index in [9.17, 15) is 26.4 Å². The molecule has 0 heterocycles. The van der Waals surface area contributed by atoms with Crippen molar-refractivity contribution in [3.63, 3.8) is 0 Å². The molecule has 1 aromatic rings. The third-order valence-electron chi connectivity index (χ3n) is 2.72. The predicted molar refractivity (Wildman–Crippen MR) is 71.5 cm³/mol. The van der Waals surface area contributed by atoms with Crippen LogP contribution in [0.4, 0.5) is 13.2 Å². The molecule has 0 aliphatic heterocycles. The summed E-state index contributed by atoms with van der Waals surface area (Å²) in [7, 11) is -3.91. The van der Waals surface area contributed by atoms with Crippen molar-refractivity contribution in [1.29, 1.82) is 0 Å². The highest BCUT2D eigenvalue weighted by molar-refractivity contribution is 7.89. The van der Waals surface area contributed by atoms with Crippen LogP contribution in [0.25, 0.3) is 0 Å². The Morgan fingerprint density at radius 2 is 1.95 bits per heavy atom. The van der Waals surface area contributed by atoms with Crippen LogP contribution in [0.2, 0.25) is 0 Å². The van der Waals surface area contributed by atoms with Gasteiger partial charge in [-0.25, -0.2) is 13.1 Å². The van der Waals surface area contributed by atoms with E-state index >= 15 is 0 Å². The number of ketones is 1. The average Bonchev–Trinajstić information content (AvgIpc) is 2.42. The lowest BCUT2D eigenvalue weighted by atomic mass is 10.1. The summed E-state index contributed by atoms with van der Waals surface area (Å²) >= 11 is 0. The molecule has 118 valence electrons. The van der Waals surface area contributed by atoms with Crippen LogP contribution < -0.4 is 4.72 Å². The van der Waals surface area contributed by atoms with Gasteiger partial charge in [0, 0.05) is 24.9 Å². The van der Waals surface area contributed by atoms with E-state index in [0.29, 0.717) is 0 Å². The molecule has 0 saturated carbocycles. The Bertz CT molecular complexity index is 597. The maximum absolute atomic E-state index is 12.0. The van der Waals surface area contributed by atoms with Gasteiger partial charge in [0.15, 0.2) is 5.78 Å². The van der Waals surface area contributed by atoms with Crippen molar-refractivity contribution in [3.05, 3.63) is 29.8 Å². The zero-order valence-corrected chi connectivity index (χ0v) is 12.2. The van der Waals surface area contributed by atoms with Gasteiger partial charge in [-0.15, -0.1) is 0 Å². The first kappa shape index (κ1) is 17.6. The first-order valence-corrected chi connectivity index (χ1v) is 7.83. The Morgan fingerprint density at radius 3 is 2.52 bits per heavy atom. The molecule has 1 rings (SSSR count). The molecule has 8 heteroatoms. The van der Waals surface area contributed by atoms with Crippen LogP contribution in [0.5, 0.6) is 0 Å². The Kier molecular flexibility index (Phi) is 5.91. The third kappa shape index (κ3) is 5.84. The number of hydrogen-bond donors (Lipinski definition) is 1. The molecule has 0 atom stereocenters. The number of benzene rings is 1. The Balaban J connectivity index is 2.72. The van der Waals surface area contributed by atoms with Crippen molar-refractivity contribution in [2.45, 2.75) is 37.3 Å². The summed E-state index contributed by atoms with van der Waals surface area (Å²) in [5.74, 6) is -0.205. The number of carbonyl (C=O) groups excluding carboxylic acids is 1. The summed E-state index contributed by atoms with van der Waals surface area (Å²) in [4.78, 5) is 11.4. The van der Waals surface area contributed by atoms with Gasteiger partial charge in [0.05, 0.1) is 4.90 Å². The molecule has 0 spiro atoms. The summed E-state index contributed by atoms with van der Waals surface area (Å²) in [5.41, 5.74) is 0.260. The summed E-state index contributed by atoms with van der Waals surface area (Å²) in [6, 6.07) is 5.43. The van der Waals surface area contributed by atoms with Gasteiger partial charge in [-0.3, -0.25) is 4.79 Å². The Labute approximate surface area is 121 Å². The second-order valence-electron chi connectivity index (χ2n) is 4.42. The number of alkyl halides is 3. The van der Waals surface area contributed by atoms with E-state index in [1.165, 1.54) is 24.3 Å². The fourth-order valence-electron chi connectivity index (χ4n) is 1.62. The molecular weight excluding hydrogens is 307 g/mol. The molecule has 0 fully saturated rings. The summed E-state index contributed by atoms with van der Waals surface area (Å²) in [5, 5.41) is 0. The summed E-state index contributed by atoms with van der Waals surface area (Å²) in [6.07, 6.45) is -5.46. The van der Waals surface area contributed by atoms with Crippen LogP contribution in [0.3, 0.4) is 0 Å². The van der Waals surface area contributed by atoms with Gasteiger partial charge < -0.3 is 0 Å². The number of hydrogen-bond acceptors (Lipinski definition) is 3. The first-order chi connectivity index (χ1) is 9.65. The lowest BCUT2D eigenvalue weighted by Gasteiger charge is -2.09. The largest absolute Gasteiger partial charge is 0.389 e. The van der Waals surface area contributed by atoms with Crippen LogP contribution in [0.1, 0.15) is 36.5 Å². The maximum atomic E-state index is 12.0. The summed E-state index contributed by atoms with van der Waals surface area (Å²) < 4.78 is 61.8.